The summed E-state index contributed by atoms with van der Waals surface area (Å²) in [6, 6.07) is 0. The first-order valence-corrected chi connectivity index (χ1v) is 3.75. The summed E-state index contributed by atoms with van der Waals surface area (Å²) in [6.07, 6.45) is 1.19. The second-order valence-corrected chi connectivity index (χ2v) is 3.09. The lowest BCUT2D eigenvalue weighted by atomic mass is 10.1. The van der Waals surface area contributed by atoms with E-state index in [0.29, 0.717) is 18.8 Å². The molecule has 0 N–H and O–H groups in total. The van der Waals surface area contributed by atoms with Gasteiger partial charge in [-0.3, -0.25) is 9.59 Å². The van der Waals surface area contributed by atoms with Gasteiger partial charge in [0, 0.05) is 6.42 Å². The Kier molecular flexibility index (Phi) is 2.27. The fraction of sp³-hybridized carbons (Fsp3) is 0.750. The number of hydrogen-bond donors (Lipinski definition) is 0. The largest absolute Gasteiger partial charge is 0.468 e. The van der Waals surface area contributed by atoms with Crippen LogP contribution in [0.1, 0.15) is 19.8 Å². The van der Waals surface area contributed by atoms with Crippen LogP contribution in [0.3, 0.4) is 0 Å². The minimum atomic E-state index is -0.477. The summed E-state index contributed by atoms with van der Waals surface area (Å²) in [6.45, 7) is 1.97. The van der Waals surface area contributed by atoms with Crippen LogP contribution < -0.4 is 0 Å². The molecule has 0 aliphatic heterocycles. The van der Waals surface area contributed by atoms with Crippen molar-refractivity contribution in [3.8, 4) is 0 Å². The SMILES string of the molecule is COC(=O)C1C[C@@H](C)CC1=O. The number of Topliss-reactive ketones (excluding diaryl/α,β-unsaturated/α-hetero) is 1. The predicted octanol–water partition coefficient (Wildman–Crippen LogP) is 0.775. The van der Waals surface area contributed by atoms with Gasteiger partial charge in [0.1, 0.15) is 11.7 Å². The number of hydrogen-bond acceptors (Lipinski definition) is 3. The van der Waals surface area contributed by atoms with Gasteiger partial charge in [-0.1, -0.05) is 6.92 Å². The molecule has 11 heavy (non-hydrogen) atoms. The lowest BCUT2D eigenvalue weighted by Gasteiger charge is -2.03. The molecule has 0 aromatic heterocycles. The highest BCUT2D eigenvalue weighted by Crippen LogP contribution is 2.27. The lowest BCUT2D eigenvalue weighted by Crippen LogP contribution is -2.19. The van der Waals surface area contributed by atoms with Crippen LogP contribution in [0.4, 0.5) is 0 Å². The molecule has 3 heteroatoms. The van der Waals surface area contributed by atoms with E-state index in [-0.39, 0.29) is 11.8 Å². The van der Waals surface area contributed by atoms with Gasteiger partial charge in [-0.25, -0.2) is 0 Å². The van der Waals surface area contributed by atoms with Gasteiger partial charge in [-0.05, 0) is 12.3 Å². The number of carbonyl (C=O) groups excluding carboxylic acids is 2. The Balaban J connectivity index is 2.60. The van der Waals surface area contributed by atoms with E-state index in [2.05, 4.69) is 4.74 Å². The summed E-state index contributed by atoms with van der Waals surface area (Å²) in [5, 5.41) is 0. The molecular formula is C8H12O3. The molecule has 0 spiro atoms. The number of ketones is 1. The first-order chi connectivity index (χ1) is 5.15. The molecule has 1 aliphatic carbocycles. The van der Waals surface area contributed by atoms with E-state index in [9.17, 15) is 9.59 Å². The molecule has 1 aliphatic rings. The smallest absolute Gasteiger partial charge is 0.316 e. The number of carbonyl (C=O) groups is 2. The number of esters is 1. The van der Waals surface area contributed by atoms with Gasteiger partial charge in [-0.2, -0.15) is 0 Å². The van der Waals surface area contributed by atoms with Gasteiger partial charge in [0.15, 0.2) is 0 Å². The van der Waals surface area contributed by atoms with Crippen molar-refractivity contribution in [3.63, 3.8) is 0 Å². The van der Waals surface area contributed by atoms with Crippen molar-refractivity contribution in [1.82, 2.24) is 0 Å². The van der Waals surface area contributed by atoms with E-state index in [1.165, 1.54) is 7.11 Å². The van der Waals surface area contributed by atoms with E-state index in [1.807, 2.05) is 6.92 Å². The van der Waals surface area contributed by atoms with Crippen LogP contribution in [-0.4, -0.2) is 18.9 Å². The van der Waals surface area contributed by atoms with Gasteiger partial charge >= 0.3 is 5.97 Å². The molecule has 2 atom stereocenters. The topological polar surface area (TPSA) is 43.4 Å². The summed E-state index contributed by atoms with van der Waals surface area (Å²) >= 11 is 0. The third kappa shape index (κ3) is 1.59. The van der Waals surface area contributed by atoms with Crippen molar-refractivity contribution in [3.05, 3.63) is 0 Å². The van der Waals surface area contributed by atoms with Crippen LogP contribution in [0.5, 0.6) is 0 Å². The maximum atomic E-state index is 11.1. The standard InChI is InChI=1S/C8H12O3/c1-5-3-6(7(9)4-5)8(10)11-2/h5-6H,3-4H2,1-2H3/t5-,6?/m1/s1. The molecule has 3 nitrogen and oxygen atoms in total. The van der Waals surface area contributed by atoms with Crippen molar-refractivity contribution < 1.29 is 14.3 Å². The second-order valence-electron chi connectivity index (χ2n) is 3.09. The zero-order chi connectivity index (χ0) is 8.43. The summed E-state index contributed by atoms with van der Waals surface area (Å²) in [7, 11) is 1.32. The molecule has 0 amide bonds. The van der Waals surface area contributed by atoms with Gasteiger partial charge in [-0.15, -0.1) is 0 Å². The molecule has 0 bridgehead atoms. The van der Waals surface area contributed by atoms with E-state index in [1.54, 1.807) is 0 Å². The van der Waals surface area contributed by atoms with E-state index in [0.717, 1.165) is 0 Å². The molecule has 62 valence electrons. The molecular weight excluding hydrogens is 144 g/mol. The molecule has 0 aromatic carbocycles. The number of methoxy groups -OCH3 is 1. The Morgan fingerprint density at radius 1 is 1.64 bits per heavy atom. The average molecular weight is 156 g/mol. The van der Waals surface area contributed by atoms with Crippen LogP contribution in [0.25, 0.3) is 0 Å². The minimum absolute atomic E-state index is 0.0318. The lowest BCUT2D eigenvalue weighted by molar-refractivity contribution is -0.148. The highest BCUT2D eigenvalue weighted by atomic mass is 16.5. The van der Waals surface area contributed by atoms with E-state index < -0.39 is 5.92 Å². The Bertz CT molecular complexity index is 178. The minimum Gasteiger partial charge on any atom is -0.468 e. The van der Waals surface area contributed by atoms with Gasteiger partial charge in [0.05, 0.1) is 7.11 Å². The summed E-state index contributed by atoms with van der Waals surface area (Å²) in [4.78, 5) is 22.0. The van der Waals surface area contributed by atoms with Crippen molar-refractivity contribution in [2.45, 2.75) is 19.8 Å². The molecule has 0 radical (unpaired) electrons. The highest BCUT2D eigenvalue weighted by molar-refractivity contribution is 6.00. The zero-order valence-electron chi connectivity index (χ0n) is 6.79. The first-order valence-electron chi connectivity index (χ1n) is 3.75. The molecule has 1 rings (SSSR count). The van der Waals surface area contributed by atoms with Crippen LogP contribution >= 0.6 is 0 Å². The van der Waals surface area contributed by atoms with Crippen LogP contribution in [0, 0.1) is 11.8 Å². The third-order valence-electron chi connectivity index (χ3n) is 2.06. The van der Waals surface area contributed by atoms with Crippen LogP contribution in [0.2, 0.25) is 0 Å². The highest BCUT2D eigenvalue weighted by Gasteiger charge is 2.35. The van der Waals surface area contributed by atoms with Crippen LogP contribution in [-0.2, 0) is 14.3 Å². The Labute approximate surface area is 65.7 Å². The zero-order valence-corrected chi connectivity index (χ0v) is 6.79. The van der Waals surface area contributed by atoms with Crippen LogP contribution in [0.15, 0.2) is 0 Å². The van der Waals surface area contributed by atoms with Crippen molar-refractivity contribution in [1.29, 1.82) is 0 Å². The maximum absolute atomic E-state index is 11.1. The summed E-state index contributed by atoms with van der Waals surface area (Å²) < 4.78 is 4.49. The van der Waals surface area contributed by atoms with Gasteiger partial charge in [0.25, 0.3) is 0 Å². The third-order valence-corrected chi connectivity index (χ3v) is 2.06. The normalized spacial score (nSPS) is 30.5. The van der Waals surface area contributed by atoms with E-state index >= 15 is 0 Å². The van der Waals surface area contributed by atoms with E-state index in [4.69, 9.17) is 0 Å². The Hall–Kier alpha value is -0.860. The molecule has 1 unspecified atom stereocenters. The molecule has 1 saturated carbocycles. The van der Waals surface area contributed by atoms with Crippen molar-refractivity contribution in [2.24, 2.45) is 11.8 Å². The molecule has 0 aromatic rings. The molecule has 1 fully saturated rings. The van der Waals surface area contributed by atoms with Crippen molar-refractivity contribution in [2.75, 3.05) is 7.11 Å². The van der Waals surface area contributed by atoms with Gasteiger partial charge < -0.3 is 4.74 Å². The van der Waals surface area contributed by atoms with Gasteiger partial charge in [0.2, 0.25) is 0 Å². The molecule has 0 saturated heterocycles. The summed E-state index contributed by atoms with van der Waals surface area (Å²) in [5.74, 6) is -0.481. The fourth-order valence-corrected chi connectivity index (χ4v) is 1.47. The monoisotopic (exact) mass is 156 g/mol. The Morgan fingerprint density at radius 2 is 2.27 bits per heavy atom. The average Bonchev–Trinajstić information content (AvgIpc) is 2.28. The van der Waals surface area contributed by atoms with Crippen molar-refractivity contribution >= 4 is 11.8 Å². The fourth-order valence-electron chi connectivity index (χ4n) is 1.47. The number of rotatable bonds is 1. The maximum Gasteiger partial charge on any atom is 0.316 e. The molecule has 0 heterocycles. The Morgan fingerprint density at radius 3 is 2.64 bits per heavy atom. The predicted molar refractivity (Wildman–Crippen MR) is 38.9 cm³/mol. The summed E-state index contributed by atoms with van der Waals surface area (Å²) in [5.41, 5.74) is 0. The number of ether oxygens (including phenoxy) is 1. The second kappa shape index (κ2) is 3.03. The quantitative estimate of drug-likeness (QED) is 0.416. The first kappa shape index (κ1) is 8.24.